The van der Waals surface area contributed by atoms with E-state index >= 15 is 0 Å². The van der Waals surface area contributed by atoms with Crippen LogP contribution in [-0.4, -0.2) is 21.7 Å². The number of H-pyrrole nitrogens is 1. The first-order valence-corrected chi connectivity index (χ1v) is 5.95. The van der Waals surface area contributed by atoms with Crippen LogP contribution in [0.1, 0.15) is 11.4 Å². The van der Waals surface area contributed by atoms with Gasteiger partial charge in [0.1, 0.15) is 11.6 Å². The van der Waals surface area contributed by atoms with Crippen molar-refractivity contribution in [3.63, 3.8) is 0 Å². The van der Waals surface area contributed by atoms with Crippen molar-refractivity contribution >= 4 is 5.65 Å². The van der Waals surface area contributed by atoms with Crippen LogP contribution < -0.4 is 10.2 Å². The second kappa shape index (κ2) is 4.61. The standard InChI is InChI=1S/C14H13N3O2/c1-19-12-4-2-3-10(7-12)8-13-15-14-9-11(18)5-6-17(14)16-13/h2-7,9H,8H2,1H3,(H,15,16). The summed E-state index contributed by atoms with van der Waals surface area (Å²) in [7, 11) is 1.64. The zero-order valence-electron chi connectivity index (χ0n) is 10.5. The second-order valence-corrected chi connectivity index (χ2v) is 4.29. The summed E-state index contributed by atoms with van der Waals surface area (Å²) in [5.41, 5.74) is 1.69. The van der Waals surface area contributed by atoms with E-state index in [0.29, 0.717) is 12.1 Å². The molecule has 0 bridgehead atoms. The minimum Gasteiger partial charge on any atom is -0.497 e. The second-order valence-electron chi connectivity index (χ2n) is 4.29. The van der Waals surface area contributed by atoms with Crippen LogP contribution in [0.2, 0.25) is 0 Å². The first-order valence-electron chi connectivity index (χ1n) is 5.95. The van der Waals surface area contributed by atoms with Crippen LogP contribution in [0.4, 0.5) is 0 Å². The van der Waals surface area contributed by atoms with Gasteiger partial charge in [-0.15, -0.1) is 0 Å². The number of aromatic nitrogens is 3. The van der Waals surface area contributed by atoms with Crippen LogP contribution in [0.25, 0.3) is 5.65 Å². The third kappa shape index (κ3) is 2.35. The van der Waals surface area contributed by atoms with Gasteiger partial charge in [0.25, 0.3) is 0 Å². The Morgan fingerprint density at radius 3 is 3.05 bits per heavy atom. The lowest BCUT2D eigenvalue weighted by atomic mass is 10.1. The number of hydrogen-bond acceptors (Lipinski definition) is 3. The molecule has 3 aromatic rings. The van der Waals surface area contributed by atoms with Crippen molar-refractivity contribution in [2.45, 2.75) is 6.42 Å². The smallest absolute Gasteiger partial charge is 0.183 e. The summed E-state index contributed by atoms with van der Waals surface area (Å²) in [6.45, 7) is 0. The Morgan fingerprint density at radius 2 is 2.21 bits per heavy atom. The molecule has 0 aliphatic carbocycles. The summed E-state index contributed by atoms with van der Waals surface area (Å²) in [6, 6.07) is 10.8. The molecule has 0 atom stereocenters. The minimum absolute atomic E-state index is 0.0422. The van der Waals surface area contributed by atoms with Gasteiger partial charge in [-0.05, 0) is 17.7 Å². The maximum atomic E-state index is 11.3. The van der Waals surface area contributed by atoms with Crippen LogP contribution >= 0.6 is 0 Å². The summed E-state index contributed by atoms with van der Waals surface area (Å²) in [4.78, 5) is 15.6. The Hall–Kier alpha value is -2.56. The van der Waals surface area contributed by atoms with E-state index in [4.69, 9.17) is 4.74 Å². The highest BCUT2D eigenvalue weighted by Gasteiger charge is 2.04. The SMILES string of the molecule is COc1cccc(Cc2nc3cc(=O)ccn3[nH]2)c1. The number of nitrogens with one attached hydrogen (secondary N) is 1. The van der Waals surface area contributed by atoms with Gasteiger partial charge >= 0.3 is 0 Å². The highest BCUT2D eigenvalue weighted by atomic mass is 16.5. The molecule has 0 saturated carbocycles. The first kappa shape index (κ1) is 11.5. The fourth-order valence-electron chi connectivity index (χ4n) is 2.01. The molecule has 0 amide bonds. The summed E-state index contributed by atoms with van der Waals surface area (Å²) >= 11 is 0. The van der Waals surface area contributed by atoms with Crippen molar-refractivity contribution in [3.05, 3.63) is 64.2 Å². The summed E-state index contributed by atoms with van der Waals surface area (Å²) in [6.07, 6.45) is 2.34. The summed E-state index contributed by atoms with van der Waals surface area (Å²) in [5.74, 6) is 1.63. The average Bonchev–Trinajstić information content (AvgIpc) is 2.80. The Balaban J connectivity index is 1.94. The number of methoxy groups -OCH3 is 1. The molecular formula is C14H13N3O2. The van der Waals surface area contributed by atoms with Gasteiger partial charge in [-0.1, -0.05) is 12.1 Å². The molecule has 0 spiro atoms. The molecule has 5 nitrogen and oxygen atoms in total. The van der Waals surface area contributed by atoms with Crippen molar-refractivity contribution in [2.75, 3.05) is 7.11 Å². The molecule has 5 heteroatoms. The number of ether oxygens (including phenoxy) is 1. The van der Waals surface area contributed by atoms with Gasteiger partial charge in [-0.3, -0.25) is 9.89 Å². The monoisotopic (exact) mass is 255 g/mol. The quantitative estimate of drug-likeness (QED) is 0.773. The third-order valence-corrected chi connectivity index (χ3v) is 2.91. The zero-order chi connectivity index (χ0) is 13.2. The number of fused-ring (bicyclic) bond motifs is 1. The number of aromatic amines is 1. The lowest BCUT2D eigenvalue weighted by Crippen LogP contribution is -1.98. The largest absolute Gasteiger partial charge is 0.497 e. The molecule has 2 aromatic heterocycles. The fourth-order valence-corrected chi connectivity index (χ4v) is 2.01. The van der Waals surface area contributed by atoms with Gasteiger partial charge < -0.3 is 4.74 Å². The van der Waals surface area contributed by atoms with Gasteiger partial charge in [-0.25, -0.2) is 9.50 Å². The van der Waals surface area contributed by atoms with Crippen LogP contribution in [0.3, 0.4) is 0 Å². The van der Waals surface area contributed by atoms with E-state index in [0.717, 1.165) is 17.1 Å². The Labute approximate surface area is 109 Å². The molecule has 2 heterocycles. The Bertz CT molecular complexity index is 773. The maximum Gasteiger partial charge on any atom is 0.183 e. The number of nitrogens with zero attached hydrogens (tertiary/aromatic N) is 2. The normalized spacial score (nSPS) is 10.8. The zero-order valence-corrected chi connectivity index (χ0v) is 10.5. The van der Waals surface area contributed by atoms with E-state index in [-0.39, 0.29) is 5.43 Å². The van der Waals surface area contributed by atoms with Gasteiger partial charge in [0.2, 0.25) is 0 Å². The highest BCUT2D eigenvalue weighted by molar-refractivity contribution is 5.37. The van der Waals surface area contributed by atoms with E-state index in [1.54, 1.807) is 17.8 Å². The van der Waals surface area contributed by atoms with Gasteiger partial charge in [0, 0.05) is 24.8 Å². The molecule has 1 N–H and O–H groups in total. The van der Waals surface area contributed by atoms with E-state index in [1.807, 2.05) is 24.3 Å². The first-order chi connectivity index (χ1) is 9.24. The Morgan fingerprint density at radius 1 is 1.32 bits per heavy atom. The number of pyridine rings is 1. The van der Waals surface area contributed by atoms with Crippen LogP contribution in [0.5, 0.6) is 5.75 Å². The lowest BCUT2D eigenvalue weighted by Gasteiger charge is -2.02. The Kier molecular flexibility index (Phi) is 2.79. The lowest BCUT2D eigenvalue weighted by molar-refractivity contribution is 0.414. The number of hydrogen-bond donors (Lipinski definition) is 1. The van der Waals surface area contributed by atoms with E-state index < -0.39 is 0 Å². The molecule has 0 radical (unpaired) electrons. The molecule has 0 unspecified atom stereocenters. The van der Waals surface area contributed by atoms with Gasteiger partial charge in [0.15, 0.2) is 11.1 Å². The topological polar surface area (TPSA) is 59.4 Å². The predicted molar refractivity (Wildman–Crippen MR) is 71.6 cm³/mol. The molecule has 1 aromatic carbocycles. The van der Waals surface area contributed by atoms with E-state index in [2.05, 4.69) is 10.1 Å². The van der Waals surface area contributed by atoms with Crippen LogP contribution in [0.15, 0.2) is 47.4 Å². The summed E-state index contributed by atoms with van der Waals surface area (Å²) < 4.78 is 6.92. The fraction of sp³-hybridized carbons (Fsp3) is 0.143. The van der Waals surface area contributed by atoms with Crippen molar-refractivity contribution in [1.82, 2.24) is 14.6 Å². The molecule has 0 aliphatic heterocycles. The van der Waals surface area contributed by atoms with Crippen molar-refractivity contribution in [1.29, 1.82) is 0 Å². The highest BCUT2D eigenvalue weighted by Crippen LogP contribution is 2.14. The van der Waals surface area contributed by atoms with Gasteiger partial charge in [-0.2, -0.15) is 0 Å². The molecule has 96 valence electrons. The van der Waals surface area contributed by atoms with Crippen LogP contribution in [-0.2, 0) is 6.42 Å². The van der Waals surface area contributed by atoms with E-state index in [9.17, 15) is 4.79 Å². The number of rotatable bonds is 3. The maximum absolute atomic E-state index is 11.3. The summed E-state index contributed by atoms with van der Waals surface area (Å²) in [5, 5.41) is 3.13. The van der Waals surface area contributed by atoms with Crippen molar-refractivity contribution < 1.29 is 4.74 Å². The number of benzene rings is 1. The minimum atomic E-state index is -0.0422. The average molecular weight is 255 g/mol. The van der Waals surface area contributed by atoms with Crippen molar-refractivity contribution in [3.8, 4) is 5.75 Å². The molecule has 0 fully saturated rings. The van der Waals surface area contributed by atoms with E-state index in [1.165, 1.54) is 12.1 Å². The molecule has 0 saturated heterocycles. The van der Waals surface area contributed by atoms with Gasteiger partial charge in [0.05, 0.1) is 7.11 Å². The predicted octanol–water partition coefficient (Wildman–Crippen LogP) is 1.62. The third-order valence-electron chi connectivity index (χ3n) is 2.91. The molecule has 3 rings (SSSR count). The van der Waals surface area contributed by atoms with Crippen LogP contribution in [0, 0.1) is 0 Å². The molecular weight excluding hydrogens is 242 g/mol. The molecule has 0 aliphatic rings. The van der Waals surface area contributed by atoms with Crippen molar-refractivity contribution in [2.24, 2.45) is 0 Å². The molecule has 19 heavy (non-hydrogen) atoms.